The van der Waals surface area contributed by atoms with E-state index in [1.807, 2.05) is 32.9 Å². The minimum atomic E-state index is 0.541. The van der Waals surface area contributed by atoms with Gasteiger partial charge in [-0.1, -0.05) is 0 Å². The Morgan fingerprint density at radius 2 is 2.06 bits per heavy atom. The third-order valence-electron chi connectivity index (χ3n) is 2.96. The van der Waals surface area contributed by atoms with Gasteiger partial charge in [0, 0.05) is 5.56 Å². The minimum Gasteiger partial charge on any atom is -0.493 e. The first kappa shape index (κ1) is 12.4. The summed E-state index contributed by atoms with van der Waals surface area (Å²) in [7, 11) is 0. The lowest BCUT2D eigenvalue weighted by molar-refractivity contribution is 0.112. The summed E-state index contributed by atoms with van der Waals surface area (Å²) in [6.07, 6.45) is 2.32. The molecular weight excluding hydrogens is 228 g/mol. The summed E-state index contributed by atoms with van der Waals surface area (Å²) in [5, 5.41) is 6.77. The normalized spacial score (nSPS) is 10.4. The molecule has 1 aromatic carbocycles. The number of ether oxygens (including phenoxy) is 1. The molecule has 94 valence electrons. The number of carbonyl (C=O) groups excluding carboxylic acids is 1. The molecule has 0 radical (unpaired) electrons. The van der Waals surface area contributed by atoms with Crippen molar-refractivity contribution in [3.05, 3.63) is 35.0 Å². The summed E-state index contributed by atoms with van der Waals surface area (Å²) in [6.45, 7) is 6.59. The third-order valence-corrected chi connectivity index (χ3v) is 2.96. The van der Waals surface area contributed by atoms with E-state index in [0.717, 1.165) is 28.7 Å². The van der Waals surface area contributed by atoms with Crippen LogP contribution in [0.4, 0.5) is 0 Å². The van der Waals surface area contributed by atoms with Crippen LogP contribution in [-0.4, -0.2) is 23.1 Å². The highest BCUT2D eigenvalue weighted by molar-refractivity contribution is 5.87. The average molecular weight is 244 g/mol. The van der Waals surface area contributed by atoms with E-state index in [4.69, 9.17) is 4.74 Å². The molecule has 0 unspecified atom stereocenters. The fourth-order valence-corrected chi connectivity index (χ4v) is 1.86. The monoisotopic (exact) mass is 244 g/mol. The van der Waals surface area contributed by atoms with Gasteiger partial charge in [0.25, 0.3) is 0 Å². The van der Waals surface area contributed by atoms with Crippen LogP contribution < -0.4 is 4.74 Å². The predicted octanol–water partition coefficient (Wildman–Crippen LogP) is 2.90. The number of carbonyl (C=O) groups is 1. The molecule has 0 saturated heterocycles. The number of H-pyrrole nitrogens is 1. The summed E-state index contributed by atoms with van der Waals surface area (Å²) >= 11 is 0. The number of nitrogens with one attached hydrogen (secondary N) is 1. The Labute approximate surface area is 106 Å². The second kappa shape index (κ2) is 5.04. The second-order valence-electron chi connectivity index (χ2n) is 4.18. The Morgan fingerprint density at radius 3 is 2.72 bits per heavy atom. The topological polar surface area (TPSA) is 55.0 Å². The summed E-state index contributed by atoms with van der Waals surface area (Å²) in [5.41, 5.74) is 4.43. The molecular formula is C14H16N2O2. The van der Waals surface area contributed by atoms with Crippen molar-refractivity contribution in [3.8, 4) is 17.0 Å². The lowest BCUT2D eigenvalue weighted by Gasteiger charge is -2.12. The van der Waals surface area contributed by atoms with Crippen LogP contribution >= 0.6 is 0 Å². The highest BCUT2D eigenvalue weighted by atomic mass is 16.5. The van der Waals surface area contributed by atoms with E-state index in [0.29, 0.717) is 17.9 Å². The number of hydrogen-bond donors (Lipinski definition) is 1. The first-order valence-corrected chi connectivity index (χ1v) is 5.90. The number of aryl methyl sites for hydroxylation is 2. The molecule has 1 heterocycles. The number of hydrogen-bond acceptors (Lipinski definition) is 3. The molecule has 18 heavy (non-hydrogen) atoms. The van der Waals surface area contributed by atoms with E-state index >= 15 is 0 Å². The number of rotatable bonds is 4. The zero-order chi connectivity index (χ0) is 13.1. The van der Waals surface area contributed by atoms with Gasteiger partial charge in [-0.3, -0.25) is 9.89 Å². The van der Waals surface area contributed by atoms with Crippen molar-refractivity contribution in [1.82, 2.24) is 10.2 Å². The standard InChI is InChI=1S/C14H16N2O2/c1-4-18-13-6-10(3)9(2)5-12(13)14-11(8-17)7-15-16-14/h5-8H,4H2,1-3H3,(H,15,16). The van der Waals surface area contributed by atoms with Crippen LogP contribution in [0, 0.1) is 13.8 Å². The van der Waals surface area contributed by atoms with Gasteiger partial charge in [0.15, 0.2) is 6.29 Å². The van der Waals surface area contributed by atoms with Gasteiger partial charge in [0.2, 0.25) is 0 Å². The first-order chi connectivity index (χ1) is 8.67. The SMILES string of the molecule is CCOc1cc(C)c(C)cc1-c1[nH]ncc1C=O. The molecule has 2 rings (SSSR count). The van der Waals surface area contributed by atoms with Crippen LogP contribution in [0.1, 0.15) is 28.4 Å². The maximum Gasteiger partial charge on any atom is 0.153 e. The minimum absolute atomic E-state index is 0.541. The second-order valence-corrected chi connectivity index (χ2v) is 4.18. The zero-order valence-electron chi connectivity index (χ0n) is 10.8. The zero-order valence-corrected chi connectivity index (χ0v) is 10.8. The molecule has 0 fully saturated rings. The third kappa shape index (κ3) is 2.14. The van der Waals surface area contributed by atoms with Crippen molar-refractivity contribution in [2.75, 3.05) is 6.61 Å². The summed E-state index contributed by atoms with van der Waals surface area (Å²) in [6, 6.07) is 4.00. The van der Waals surface area contributed by atoms with Crippen LogP contribution in [0.3, 0.4) is 0 Å². The number of aromatic nitrogens is 2. The molecule has 0 saturated carbocycles. The molecule has 0 aliphatic heterocycles. The van der Waals surface area contributed by atoms with Crippen LogP contribution in [0.25, 0.3) is 11.3 Å². The smallest absolute Gasteiger partial charge is 0.153 e. The Balaban J connectivity index is 2.61. The van der Waals surface area contributed by atoms with Crippen LogP contribution in [0.2, 0.25) is 0 Å². The van der Waals surface area contributed by atoms with Crippen molar-refractivity contribution >= 4 is 6.29 Å². The molecule has 4 heteroatoms. The fraction of sp³-hybridized carbons (Fsp3) is 0.286. The van der Waals surface area contributed by atoms with Gasteiger partial charge in [0.05, 0.1) is 24.1 Å². The van der Waals surface area contributed by atoms with Gasteiger partial charge in [-0.05, 0) is 44.0 Å². The number of aldehydes is 1. The van der Waals surface area contributed by atoms with E-state index in [-0.39, 0.29) is 0 Å². The van der Waals surface area contributed by atoms with Crippen molar-refractivity contribution in [1.29, 1.82) is 0 Å². The quantitative estimate of drug-likeness (QED) is 0.841. The molecule has 1 aromatic heterocycles. The maximum atomic E-state index is 11.0. The molecule has 0 amide bonds. The lowest BCUT2D eigenvalue weighted by Crippen LogP contribution is -1.97. The van der Waals surface area contributed by atoms with Gasteiger partial charge < -0.3 is 4.74 Å². The van der Waals surface area contributed by atoms with E-state index in [1.165, 1.54) is 6.20 Å². The van der Waals surface area contributed by atoms with E-state index < -0.39 is 0 Å². The first-order valence-electron chi connectivity index (χ1n) is 5.90. The van der Waals surface area contributed by atoms with E-state index in [1.54, 1.807) is 0 Å². The van der Waals surface area contributed by atoms with Gasteiger partial charge in [0.1, 0.15) is 5.75 Å². The Bertz CT molecular complexity index is 573. The summed E-state index contributed by atoms with van der Waals surface area (Å²) < 4.78 is 5.63. The molecule has 0 atom stereocenters. The Hall–Kier alpha value is -2.10. The molecule has 0 bridgehead atoms. The Morgan fingerprint density at radius 1 is 1.33 bits per heavy atom. The molecule has 0 aliphatic rings. The molecule has 4 nitrogen and oxygen atoms in total. The van der Waals surface area contributed by atoms with E-state index in [2.05, 4.69) is 10.2 Å². The van der Waals surface area contributed by atoms with Crippen LogP contribution in [0.5, 0.6) is 5.75 Å². The lowest BCUT2D eigenvalue weighted by atomic mass is 10.0. The van der Waals surface area contributed by atoms with Crippen LogP contribution in [0.15, 0.2) is 18.3 Å². The fourth-order valence-electron chi connectivity index (χ4n) is 1.86. The van der Waals surface area contributed by atoms with Crippen molar-refractivity contribution in [3.63, 3.8) is 0 Å². The average Bonchev–Trinajstić information content (AvgIpc) is 2.82. The number of benzene rings is 1. The van der Waals surface area contributed by atoms with Gasteiger partial charge in [-0.25, -0.2) is 0 Å². The molecule has 2 aromatic rings. The van der Waals surface area contributed by atoms with Crippen LogP contribution in [-0.2, 0) is 0 Å². The predicted molar refractivity (Wildman–Crippen MR) is 70.1 cm³/mol. The largest absolute Gasteiger partial charge is 0.493 e. The molecule has 0 aliphatic carbocycles. The summed E-state index contributed by atoms with van der Waals surface area (Å²) in [5.74, 6) is 0.771. The van der Waals surface area contributed by atoms with E-state index in [9.17, 15) is 4.79 Å². The van der Waals surface area contributed by atoms with Gasteiger partial charge >= 0.3 is 0 Å². The molecule has 0 spiro atoms. The van der Waals surface area contributed by atoms with Crippen molar-refractivity contribution in [2.45, 2.75) is 20.8 Å². The summed E-state index contributed by atoms with van der Waals surface area (Å²) in [4.78, 5) is 11.0. The number of nitrogens with zero attached hydrogens (tertiary/aromatic N) is 1. The highest BCUT2D eigenvalue weighted by Crippen LogP contribution is 2.33. The number of aromatic amines is 1. The highest BCUT2D eigenvalue weighted by Gasteiger charge is 2.14. The maximum absolute atomic E-state index is 11.0. The van der Waals surface area contributed by atoms with Gasteiger partial charge in [-0.15, -0.1) is 0 Å². The van der Waals surface area contributed by atoms with Crippen molar-refractivity contribution < 1.29 is 9.53 Å². The molecule has 1 N–H and O–H groups in total. The van der Waals surface area contributed by atoms with Gasteiger partial charge in [-0.2, -0.15) is 5.10 Å². The Kier molecular flexibility index (Phi) is 3.46. The van der Waals surface area contributed by atoms with Crippen molar-refractivity contribution in [2.24, 2.45) is 0 Å².